The van der Waals surface area contributed by atoms with E-state index in [0.29, 0.717) is 23.3 Å². The number of nitrogens with one attached hydrogen (secondary N) is 1. The van der Waals surface area contributed by atoms with Crippen molar-refractivity contribution in [2.45, 2.75) is 19.8 Å². The van der Waals surface area contributed by atoms with Crippen molar-refractivity contribution in [3.8, 4) is 5.75 Å². The van der Waals surface area contributed by atoms with Gasteiger partial charge >= 0.3 is 0 Å². The van der Waals surface area contributed by atoms with Crippen LogP contribution in [0, 0.1) is 0 Å². The van der Waals surface area contributed by atoms with Crippen molar-refractivity contribution in [1.29, 1.82) is 0 Å². The smallest absolute Gasteiger partial charge is 0.261 e. The molecule has 27 heavy (non-hydrogen) atoms. The minimum Gasteiger partial charge on any atom is -0.508 e. The van der Waals surface area contributed by atoms with Gasteiger partial charge in [-0.25, -0.2) is 5.43 Å². The number of phenols is 1. The number of rotatable bonds is 6. The molecular weight excluding hydrogens is 346 g/mol. The molecule has 2 N–H and O–H groups in total. The Morgan fingerprint density at radius 2 is 1.63 bits per heavy atom. The quantitative estimate of drug-likeness (QED) is 0.466. The first-order chi connectivity index (χ1) is 13.0. The summed E-state index contributed by atoms with van der Waals surface area (Å²) >= 11 is 0. The van der Waals surface area contributed by atoms with Gasteiger partial charge in [0.25, 0.3) is 11.8 Å². The third kappa shape index (κ3) is 4.03. The summed E-state index contributed by atoms with van der Waals surface area (Å²) in [7, 11) is 0. The normalized spacial score (nSPS) is 13.7. The molecule has 0 fully saturated rings. The van der Waals surface area contributed by atoms with Gasteiger partial charge in [-0.1, -0.05) is 12.1 Å². The molecule has 1 heterocycles. The predicted octanol–water partition coefficient (Wildman–Crippen LogP) is 2.31. The zero-order valence-corrected chi connectivity index (χ0v) is 14.8. The summed E-state index contributed by atoms with van der Waals surface area (Å²) in [4.78, 5) is 37.6. The maximum absolute atomic E-state index is 12.2. The molecule has 0 radical (unpaired) electrons. The molecule has 0 unspecified atom stereocenters. The monoisotopic (exact) mass is 365 g/mol. The third-order valence-electron chi connectivity index (χ3n) is 4.30. The van der Waals surface area contributed by atoms with Gasteiger partial charge in [0.05, 0.1) is 16.8 Å². The molecule has 0 saturated heterocycles. The highest BCUT2D eigenvalue weighted by atomic mass is 16.3. The molecule has 2 aromatic rings. The first-order valence-electron chi connectivity index (χ1n) is 8.55. The summed E-state index contributed by atoms with van der Waals surface area (Å²) in [6.07, 6.45) is 0.491. The van der Waals surface area contributed by atoms with Crippen LogP contribution in [0.4, 0.5) is 0 Å². The Morgan fingerprint density at radius 1 is 1.04 bits per heavy atom. The van der Waals surface area contributed by atoms with E-state index in [-0.39, 0.29) is 36.4 Å². The van der Waals surface area contributed by atoms with Crippen LogP contribution < -0.4 is 5.43 Å². The maximum Gasteiger partial charge on any atom is 0.261 e. The van der Waals surface area contributed by atoms with Crippen molar-refractivity contribution >= 4 is 23.4 Å². The number of benzene rings is 2. The second-order valence-corrected chi connectivity index (χ2v) is 6.19. The number of nitrogens with zero attached hydrogens (tertiary/aromatic N) is 2. The number of carbonyl (C=O) groups excluding carboxylic acids is 3. The van der Waals surface area contributed by atoms with Gasteiger partial charge in [-0.05, 0) is 55.3 Å². The van der Waals surface area contributed by atoms with Gasteiger partial charge in [-0.2, -0.15) is 5.10 Å². The fraction of sp³-hybridized carbons (Fsp3) is 0.200. The van der Waals surface area contributed by atoms with Gasteiger partial charge in [0.15, 0.2) is 0 Å². The molecular formula is C20H19N3O4. The van der Waals surface area contributed by atoms with Crippen molar-refractivity contribution in [1.82, 2.24) is 10.3 Å². The summed E-state index contributed by atoms with van der Waals surface area (Å²) in [6, 6.07) is 13.2. The van der Waals surface area contributed by atoms with Gasteiger partial charge in [0.1, 0.15) is 5.75 Å². The Labute approximate surface area is 156 Å². The summed E-state index contributed by atoms with van der Waals surface area (Å²) in [5.74, 6) is -0.789. The van der Waals surface area contributed by atoms with E-state index in [4.69, 9.17) is 0 Å². The molecule has 0 atom stereocenters. The Bertz CT molecular complexity index is 884. The Kier molecular flexibility index (Phi) is 5.30. The fourth-order valence-corrected chi connectivity index (χ4v) is 2.81. The summed E-state index contributed by atoms with van der Waals surface area (Å²) in [5.41, 5.74) is 4.64. The molecule has 7 heteroatoms. The summed E-state index contributed by atoms with van der Waals surface area (Å²) in [6.45, 7) is 1.92. The van der Waals surface area contributed by atoms with Crippen molar-refractivity contribution in [2.75, 3.05) is 6.54 Å². The zero-order chi connectivity index (χ0) is 19.4. The van der Waals surface area contributed by atoms with Crippen molar-refractivity contribution in [3.63, 3.8) is 0 Å². The standard InChI is InChI=1S/C20H19N3O4/c1-13(14-8-10-15(24)11-9-14)21-22-18(25)7-4-12-23-19(26)16-5-2-3-6-17(16)20(23)27/h2-3,5-6,8-11,24H,4,7,12H2,1H3,(H,22,25)/b21-13+. The van der Waals surface area contributed by atoms with E-state index >= 15 is 0 Å². The van der Waals surface area contributed by atoms with Crippen LogP contribution in [0.2, 0.25) is 0 Å². The Balaban J connectivity index is 1.49. The number of amides is 3. The molecule has 3 rings (SSSR count). The highest BCUT2D eigenvalue weighted by Gasteiger charge is 2.34. The van der Waals surface area contributed by atoms with Crippen LogP contribution in [0.3, 0.4) is 0 Å². The van der Waals surface area contributed by atoms with Gasteiger partial charge in [0, 0.05) is 13.0 Å². The van der Waals surface area contributed by atoms with Gasteiger partial charge < -0.3 is 5.11 Å². The molecule has 138 valence electrons. The van der Waals surface area contributed by atoms with E-state index in [0.717, 1.165) is 5.56 Å². The number of carbonyl (C=O) groups is 3. The van der Waals surface area contributed by atoms with Gasteiger partial charge in [0.2, 0.25) is 5.91 Å². The largest absolute Gasteiger partial charge is 0.508 e. The van der Waals surface area contributed by atoms with E-state index < -0.39 is 0 Å². The van der Waals surface area contributed by atoms with Crippen LogP contribution in [0.5, 0.6) is 5.75 Å². The number of phenolic OH excluding ortho intramolecular Hbond substituents is 1. The molecule has 7 nitrogen and oxygen atoms in total. The lowest BCUT2D eigenvalue weighted by atomic mass is 10.1. The topological polar surface area (TPSA) is 99.1 Å². The SMILES string of the molecule is C/C(=N\NC(=O)CCCN1C(=O)c2ccccc2C1=O)c1ccc(O)cc1. The van der Waals surface area contributed by atoms with Crippen LogP contribution in [-0.2, 0) is 4.79 Å². The van der Waals surface area contributed by atoms with Crippen molar-refractivity contribution in [2.24, 2.45) is 5.10 Å². The minimum absolute atomic E-state index is 0.139. The van der Waals surface area contributed by atoms with Crippen LogP contribution in [0.1, 0.15) is 46.0 Å². The maximum atomic E-state index is 12.2. The van der Waals surface area contributed by atoms with Crippen LogP contribution in [-0.4, -0.2) is 40.0 Å². The van der Waals surface area contributed by atoms with E-state index in [1.165, 1.54) is 17.0 Å². The van der Waals surface area contributed by atoms with E-state index in [1.54, 1.807) is 43.3 Å². The highest BCUT2D eigenvalue weighted by Crippen LogP contribution is 2.22. The highest BCUT2D eigenvalue weighted by molar-refractivity contribution is 6.21. The summed E-state index contributed by atoms with van der Waals surface area (Å²) in [5, 5.41) is 13.3. The summed E-state index contributed by atoms with van der Waals surface area (Å²) < 4.78 is 0. The lowest BCUT2D eigenvalue weighted by molar-refractivity contribution is -0.121. The molecule has 0 aliphatic carbocycles. The van der Waals surface area contributed by atoms with Crippen LogP contribution >= 0.6 is 0 Å². The lowest BCUT2D eigenvalue weighted by Gasteiger charge is -2.13. The van der Waals surface area contributed by atoms with Crippen molar-refractivity contribution in [3.05, 3.63) is 65.2 Å². The van der Waals surface area contributed by atoms with Gasteiger partial charge in [-0.15, -0.1) is 0 Å². The number of fused-ring (bicyclic) bond motifs is 1. The molecule has 2 aromatic carbocycles. The van der Waals surface area contributed by atoms with Gasteiger partial charge in [-0.3, -0.25) is 19.3 Å². The predicted molar refractivity (Wildman–Crippen MR) is 99.5 cm³/mol. The Hall–Kier alpha value is -3.48. The zero-order valence-electron chi connectivity index (χ0n) is 14.8. The fourth-order valence-electron chi connectivity index (χ4n) is 2.81. The second kappa shape index (κ2) is 7.82. The molecule has 0 saturated carbocycles. The average Bonchev–Trinajstić information content (AvgIpc) is 2.92. The molecule has 0 spiro atoms. The average molecular weight is 365 g/mol. The molecule has 1 aliphatic heterocycles. The van der Waals surface area contributed by atoms with E-state index in [9.17, 15) is 19.5 Å². The van der Waals surface area contributed by atoms with E-state index in [1.807, 2.05) is 0 Å². The first-order valence-corrected chi connectivity index (χ1v) is 8.55. The second-order valence-electron chi connectivity index (χ2n) is 6.19. The van der Waals surface area contributed by atoms with Crippen molar-refractivity contribution < 1.29 is 19.5 Å². The minimum atomic E-state index is -0.322. The number of hydrogen-bond donors (Lipinski definition) is 2. The number of imide groups is 1. The third-order valence-corrected chi connectivity index (χ3v) is 4.30. The lowest BCUT2D eigenvalue weighted by Crippen LogP contribution is -2.31. The van der Waals surface area contributed by atoms with E-state index in [2.05, 4.69) is 10.5 Å². The number of aromatic hydroxyl groups is 1. The number of hydrogen-bond acceptors (Lipinski definition) is 5. The number of hydrazone groups is 1. The first kappa shape index (κ1) is 18.3. The molecule has 3 amide bonds. The Morgan fingerprint density at radius 3 is 2.22 bits per heavy atom. The molecule has 0 aromatic heterocycles. The molecule has 1 aliphatic rings. The van der Waals surface area contributed by atoms with Crippen LogP contribution in [0.15, 0.2) is 53.6 Å². The molecule has 0 bridgehead atoms. The van der Waals surface area contributed by atoms with Crippen LogP contribution in [0.25, 0.3) is 0 Å².